The standard InChI is InChI=1S/C12H14FN3O/c1-7(13)12(17)16-5-8(6-16)11-9-3-2-4-10(9)14-15-11/h8H,1-6H2,(H,14,15). The lowest BCUT2D eigenvalue weighted by Crippen LogP contribution is -2.48. The van der Waals surface area contributed by atoms with Crippen LogP contribution in [0.4, 0.5) is 4.39 Å². The second-order valence-corrected chi connectivity index (χ2v) is 4.73. The lowest BCUT2D eigenvalue weighted by atomic mass is 9.93. The summed E-state index contributed by atoms with van der Waals surface area (Å²) in [5.41, 5.74) is 3.63. The maximum absolute atomic E-state index is 12.6. The maximum Gasteiger partial charge on any atom is 0.282 e. The SMILES string of the molecule is C=C(F)C(=O)N1CC(c2n[nH]c3c2CCC3)C1. The first-order valence-corrected chi connectivity index (χ1v) is 5.86. The predicted octanol–water partition coefficient (Wildman–Crippen LogP) is 1.31. The molecular weight excluding hydrogens is 221 g/mol. The molecule has 1 aromatic rings. The number of carbonyl (C=O) groups is 1. The van der Waals surface area contributed by atoms with E-state index in [1.165, 1.54) is 22.6 Å². The largest absolute Gasteiger partial charge is 0.335 e. The van der Waals surface area contributed by atoms with Crippen molar-refractivity contribution in [3.63, 3.8) is 0 Å². The smallest absolute Gasteiger partial charge is 0.282 e. The van der Waals surface area contributed by atoms with Gasteiger partial charge in [-0.15, -0.1) is 0 Å². The van der Waals surface area contributed by atoms with Crippen LogP contribution in [0.25, 0.3) is 0 Å². The highest BCUT2D eigenvalue weighted by atomic mass is 19.1. The van der Waals surface area contributed by atoms with Gasteiger partial charge in [-0.25, -0.2) is 4.39 Å². The minimum absolute atomic E-state index is 0.261. The van der Waals surface area contributed by atoms with Crippen LogP contribution in [0.5, 0.6) is 0 Å². The summed E-state index contributed by atoms with van der Waals surface area (Å²) in [6, 6.07) is 0. The molecule has 0 unspecified atom stereocenters. The first-order chi connectivity index (χ1) is 8.16. The number of rotatable bonds is 2. The Kier molecular flexibility index (Phi) is 2.28. The number of aryl methyl sites for hydroxylation is 1. The van der Waals surface area contributed by atoms with E-state index in [1.54, 1.807) is 0 Å². The third-order valence-electron chi connectivity index (χ3n) is 3.63. The number of aromatic amines is 1. The summed E-state index contributed by atoms with van der Waals surface area (Å²) in [4.78, 5) is 12.8. The van der Waals surface area contributed by atoms with Crippen molar-refractivity contribution in [1.29, 1.82) is 0 Å². The van der Waals surface area contributed by atoms with E-state index in [1.807, 2.05) is 0 Å². The molecule has 0 aromatic carbocycles. The minimum atomic E-state index is -0.879. The first kappa shape index (κ1) is 10.5. The molecule has 3 rings (SSSR count). The van der Waals surface area contributed by atoms with Gasteiger partial charge in [0, 0.05) is 24.7 Å². The van der Waals surface area contributed by atoms with Gasteiger partial charge in [-0.3, -0.25) is 9.89 Å². The Hall–Kier alpha value is -1.65. The van der Waals surface area contributed by atoms with Crippen LogP contribution in [-0.4, -0.2) is 34.1 Å². The molecule has 1 aliphatic heterocycles. The molecule has 0 bridgehead atoms. The van der Waals surface area contributed by atoms with Crippen LogP contribution in [-0.2, 0) is 17.6 Å². The molecule has 90 valence electrons. The van der Waals surface area contributed by atoms with Gasteiger partial charge < -0.3 is 4.90 Å². The monoisotopic (exact) mass is 235 g/mol. The number of aromatic nitrogens is 2. The van der Waals surface area contributed by atoms with Crippen molar-refractivity contribution in [3.8, 4) is 0 Å². The molecular formula is C12H14FN3O. The Balaban J connectivity index is 1.69. The third-order valence-corrected chi connectivity index (χ3v) is 3.63. The molecule has 1 aliphatic carbocycles. The summed E-state index contributed by atoms with van der Waals surface area (Å²) in [5, 5.41) is 7.38. The van der Waals surface area contributed by atoms with Crippen molar-refractivity contribution >= 4 is 5.91 Å². The summed E-state index contributed by atoms with van der Waals surface area (Å²) in [6.07, 6.45) is 3.31. The van der Waals surface area contributed by atoms with Crippen molar-refractivity contribution < 1.29 is 9.18 Å². The van der Waals surface area contributed by atoms with E-state index >= 15 is 0 Å². The second kappa shape index (κ2) is 3.68. The number of halogens is 1. The van der Waals surface area contributed by atoms with E-state index in [2.05, 4.69) is 16.8 Å². The van der Waals surface area contributed by atoms with Gasteiger partial charge in [-0.05, 0) is 24.8 Å². The molecule has 17 heavy (non-hydrogen) atoms. The molecule has 4 nitrogen and oxygen atoms in total. The van der Waals surface area contributed by atoms with Gasteiger partial charge in [0.1, 0.15) is 0 Å². The Bertz CT molecular complexity index is 488. The van der Waals surface area contributed by atoms with E-state index in [0.717, 1.165) is 18.5 Å². The van der Waals surface area contributed by atoms with Gasteiger partial charge >= 0.3 is 0 Å². The molecule has 1 N–H and O–H groups in total. The lowest BCUT2D eigenvalue weighted by molar-refractivity contribution is -0.133. The molecule has 1 amide bonds. The molecule has 1 aromatic heterocycles. The number of nitrogens with one attached hydrogen (secondary N) is 1. The van der Waals surface area contributed by atoms with Crippen LogP contribution in [0.3, 0.4) is 0 Å². The van der Waals surface area contributed by atoms with E-state index in [9.17, 15) is 9.18 Å². The highest BCUT2D eigenvalue weighted by Gasteiger charge is 2.36. The number of nitrogens with zero attached hydrogens (tertiary/aromatic N) is 2. The molecule has 0 atom stereocenters. The molecule has 1 fully saturated rings. The molecule has 5 heteroatoms. The summed E-state index contributed by atoms with van der Waals surface area (Å²) < 4.78 is 12.6. The average Bonchev–Trinajstić information content (AvgIpc) is 2.79. The van der Waals surface area contributed by atoms with Crippen molar-refractivity contribution in [2.75, 3.05) is 13.1 Å². The Labute approximate surface area is 98.5 Å². The fourth-order valence-corrected chi connectivity index (χ4v) is 2.67. The molecule has 0 spiro atoms. The third kappa shape index (κ3) is 1.57. The van der Waals surface area contributed by atoms with E-state index in [-0.39, 0.29) is 5.92 Å². The number of H-pyrrole nitrogens is 1. The van der Waals surface area contributed by atoms with Crippen LogP contribution in [0.15, 0.2) is 12.4 Å². The van der Waals surface area contributed by atoms with Crippen LogP contribution in [0.2, 0.25) is 0 Å². The Morgan fingerprint density at radius 2 is 2.24 bits per heavy atom. The van der Waals surface area contributed by atoms with E-state index in [0.29, 0.717) is 13.1 Å². The topological polar surface area (TPSA) is 49.0 Å². The summed E-state index contributed by atoms with van der Waals surface area (Å²) >= 11 is 0. The van der Waals surface area contributed by atoms with Crippen LogP contribution >= 0.6 is 0 Å². The fourth-order valence-electron chi connectivity index (χ4n) is 2.67. The molecule has 2 aliphatic rings. The summed E-state index contributed by atoms with van der Waals surface area (Å²) in [7, 11) is 0. The zero-order valence-corrected chi connectivity index (χ0v) is 9.50. The van der Waals surface area contributed by atoms with Crippen molar-refractivity contribution in [1.82, 2.24) is 15.1 Å². The molecule has 0 radical (unpaired) electrons. The van der Waals surface area contributed by atoms with Crippen molar-refractivity contribution in [3.05, 3.63) is 29.4 Å². The molecule has 1 saturated heterocycles. The summed E-state index contributed by atoms with van der Waals surface area (Å²) in [5.74, 6) is -1.21. The van der Waals surface area contributed by atoms with E-state index < -0.39 is 11.7 Å². The van der Waals surface area contributed by atoms with E-state index in [4.69, 9.17) is 0 Å². The zero-order valence-electron chi connectivity index (χ0n) is 9.50. The number of likely N-dealkylation sites (tertiary alicyclic amines) is 1. The Morgan fingerprint density at radius 3 is 2.94 bits per heavy atom. The summed E-state index contributed by atoms with van der Waals surface area (Å²) in [6.45, 7) is 4.13. The maximum atomic E-state index is 12.6. The van der Waals surface area contributed by atoms with Crippen molar-refractivity contribution in [2.24, 2.45) is 0 Å². The van der Waals surface area contributed by atoms with Crippen LogP contribution in [0.1, 0.15) is 29.3 Å². The number of fused-ring (bicyclic) bond motifs is 1. The number of amides is 1. The minimum Gasteiger partial charge on any atom is -0.335 e. The molecule has 2 heterocycles. The highest BCUT2D eigenvalue weighted by Crippen LogP contribution is 2.33. The number of hydrogen-bond donors (Lipinski definition) is 1. The highest BCUT2D eigenvalue weighted by molar-refractivity contribution is 5.91. The van der Waals surface area contributed by atoms with Gasteiger partial charge in [0.2, 0.25) is 0 Å². The van der Waals surface area contributed by atoms with Gasteiger partial charge in [0.25, 0.3) is 5.91 Å². The van der Waals surface area contributed by atoms with Crippen LogP contribution in [0, 0.1) is 0 Å². The Morgan fingerprint density at radius 1 is 1.47 bits per heavy atom. The number of hydrogen-bond acceptors (Lipinski definition) is 2. The van der Waals surface area contributed by atoms with Gasteiger partial charge in [-0.2, -0.15) is 5.10 Å². The van der Waals surface area contributed by atoms with Gasteiger partial charge in [0.15, 0.2) is 5.83 Å². The normalized spacial score (nSPS) is 19.0. The zero-order chi connectivity index (χ0) is 12.0. The molecule has 0 saturated carbocycles. The van der Waals surface area contributed by atoms with Crippen molar-refractivity contribution in [2.45, 2.75) is 25.2 Å². The predicted molar refractivity (Wildman–Crippen MR) is 60.2 cm³/mol. The second-order valence-electron chi connectivity index (χ2n) is 4.73. The average molecular weight is 235 g/mol. The quantitative estimate of drug-likeness (QED) is 0.786. The van der Waals surface area contributed by atoms with Gasteiger partial charge in [-0.1, -0.05) is 6.58 Å². The fraction of sp³-hybridized carbons (Fsp3) is 0.500. The lowest BCUT2D eigenvalue weighted by Gasteiger charge is -2.38. The number of carbonyl (C=O) groups excluding carboxylic acids is 1. The van der Waals surface area contributed by atoms with Crippen LogP contribution < -0.4 is 0 Å². The van der Waals surface area contributed by atoms with Gasteiger partial charge in [0.05, 0.1) is 5.69 Å². The first-order valence-electron chi connectivity index (χ1n) is 5.86.